The molecule has 0 N–H and O–H groups in total. The summed E-state index contributed by atoms with van der Waals surface area (Å²) in [4.78, 5) is 16.9. The molecule has 3 rings (SSSR count). The van der Waals surface area contributed by atoms with Crippen molar-refractivity contribution in [2.75, 3.05) is 60.1 Å². The lowest BCUT2D eigenvalue weighted by atomic mass is 10.1. The van der Waals surface area contributed by atoms with Crippen molar-refractivity contribution in [1.82, 2.24) is 14.4 Å². The number of nitrogens with zero attached hydrogens (tertiary/aromatic N) is 3. The highest BCUT2D eigenvalue weighted by atomic mass is 16.5. The first-order valence-electron chi connectivity index (χ1n) is 8.86. The van der Waals surface area contributed by atoms with Crippen LogP contribution in [0.25, 0.3) is 10.9 Å². The number of para-hydroxylation sites is 1. The van der Waals surface area contributed by atoms with Gasteiger partial charge in [0.15, 0.2) is 0 Å². The molecule has 6 nitrogen and oxygen atoms in total. The van der Waals surface area contributed by atoms with E-state index >= 15 is 0 Å². The zero-order valence-corrected chi connectivity index (χ0v) is 15.1. The van der Waals surface area contributed by atoms with Crippen LogP contribution in [0.15, 0.2) is 30.5 Å². The second-order valence-electron chi connectivity index (χ2n) is 6.66. The van der Waals surface area contributed by atoms with Gasteiger partial charge in [0.2, 0.25) is 0 Å². The lowest BCUT2D eigenvalue weighted by molar-refractivity contribution is 0.0283. The molecule has 0 bridgehead atoms. The number of hydrogen-bond donors (Lipinski definition) is 0. The van der Waals surface area contributed by atoms with Crippen molar-refractivity contribution in [3.63, 3.8) is 0 Å². The molecule has 1 saturated heterocycles. The molecule has 0 amide bonds. The highest BCUT2D eigenvalue weighted by Gasteiger charge is 2.15. The molecule has 0 radical (unpaired) electrons. The third-order valence-corrected chi connectivity index (χ3v) is 4.56. The monoisotopic (exact) mass is 345 g/mol. The van der Waals surface area contributed by atoms with Crippen LogP contribution < -0.4 is 0 Å². The van der Waals surface area contributed by atoms with E-state index in [4.69, 9.17) is 9.47 Å². The summed E-state index contributed by atoms with van der Waals surface area (Å²) in [5, 5.41) is 1.12. The minimum atomic E-state index is -0.305. The standard InChI is InChI=1S/C19H27N3O3/c1-20(2)8-7-16-15-22(18-6-4-3-5-17(16)18)19(23)25-14-11-21-9-12-24-13-10-21/h3-6,15H,7-14H2,1-2H3. The Morgan fingerprint density at radius 3 is 2.76 bits per heavy atom. The molecule has 1 aliphatic heterocycles. The number of ether oxygens (including phenoxy) is 2. The van der Waals surface area contributed by atoms with Gasteiger partial charge in [0.25, 0.3) is 0 Å². The van der Waals surface area contributed by atoms with E-state index in [0.717, 1.165) is 56.7 Å². The molecule has 2 heterocycles. The van der Waals surface area contributed by atoms with E-state index in [1.807, 2.05) is 24.4 Å². The van der Waals surface area contributed by atoms with Gasteiger partial charge in [0.05, 0.1) is 18.7 Å². The zero-order valence-electron chi connectivity index (χ0n) is 15.1. The fraction of sp³-hybridized carbons (Fsp3) is 0.526. The molecule has 1 aromatic heterocycles. The van der Waals surface area contributed by atoms with E-state index in [9.17, 15) is 4.79 Å². The van der Waals surface area contributed by atoms with Gasteiger partial charge >= 0.3 is 6.09 Å². The van der Waals surface area contributed by atoms with Crippen LogP contribution in [0.3, 0.4) is 0 Å². The predicted molar refractivity (Wildman–Crippen MR) is 98.2 cm³/mol. The smallest absolute Gasteiger partial charge is 0.418 e. The summed E-state index contributed by atoms with van der Waals surface area (Å²) in [5.41, 5.74) is 2.09. The van der Waals surface area contributed by atoms with Gasteiger partial charge < -0.3 is 14.4 Å². The average molecular weight is 345 g/mol. The van der Waals surface area contributed by atoms with Crippen molar-refractivity contribution < 1.29 is 14.3 Å². The normalized spacial score (nSPS) is 15.8. The Morgan fingerprint density at radius 1 is 1.24 bits per heavy atom. The van der Waals surface area contributed by atoms with Crippen LogP contribution in [-0.4, -0.2) is 80.6 Å². The maximum Gasteiger partial charge on any atom is 0.418 e. The molecule has 0 aliphatic carbocycles. The molecule has 1 aliphatic rings. The van der Waals surface area contributed by atoms with Crippen molar-refractivity contribution in [3.8, 4) is 0 Å². The van der Waals surface area contributed by atoms with Crippen molar-refractivity contribution in [1.29, 1.82) is 0 Å². The summed E-state index contributed by atoms with van der Waals surface area (Å²) >= 11 is 0. The second-order valence-corrected chi connectivity index (χ2v) is 6.66. The van der Waals surface area contributed by atoms with Crippen LogP contribution in [0.1, 0.15) is 5.56 Å². The number of morpholine rings is 1. The predicted octanol–water partition coefficient (Wildman–Crippen LogP) is 2.06. The second kappa shape index (κ2) is 8.47. The third kappa shape index (κ3) is 4.60. The van der Waals surface area contributed by atoms with Gasteiger partial charge in [-0.3, -0.25) is 9.47 Å². The van der Waals surface area contributed by atoms with Crippen LogP contribution >= 0.6 is 0 Å². The van der Waals surface area contributed by atoms with Crippen LogP contribution in [0, 0.1) is 0 Å². The first kappa shape index (κ1) is 17.9. The summed E-state index contributed by atoms with van der Waals surface area (Å²) in [7, 11) is 4.11. The van der Waals surface area contributed by atoms with Crippen LogP contribution in [0.4, 0.5) is 4.79 Å². The van der Waals surface area contributed by atoms with E-state index < -0.39 is 0 Å². The van der Waals surface area contributed by atoms with E-state index in [0.29, 0.717) is 6.61 Å². The number of hydrogen-bond acceptors (Lipinski definition) is 5. The maximum atomic E-state index is 12.5. The molecule has 0 spiro atoms. The fourth-order valence-electron chi connectivity index (χ4n) is 3.10. The summed E-state index contributed by atoms with van der Waals surface area (Å²) in [6.45, 7) is 5.41. The summed E-state index contributed by atoms with van der Waals surface area (Å²) in [5.74, 6) is 0. The molecule has 25 heavy (non-hydrogen) atoms. The van der Waals surface area contributed by atoms with Crippen molar-refractivity contribution in [2.24, 2.45) is 0 Å². The Labute approximate surface area is 148 Å². The molecule has 0 saturated carbocycles. The Hall–Kier alpha value is -1.89. The third-order valence-electron chi connectivity index (χ3n) is 4.56. The first-order valence-corrected chi connectivity index (χ1v) is 8.86. The highest BCUT2D eigenvalue weighted by molar-refractivity contribution is 5.91. The molecular weight excluding hydrogens is 318 g/mol. The van der Waals surface area contributed by atoms with E-state index in [1.54, 1.807) is 4.57 Å². The minimum Gasteiger partial charge on any atom is -0.448 e. The number of carbonyl (C=O) groups is 1. The summed E-state index contributed by atoms with van der Waals surface area (Å²) in [6.07, 6.45) is 2.52. The molecule has 0 unspecified atom stereocenters. The van der Waals surface area contributed by atoms with Gasteiger partial charge in [-0.25, -0.2) is 4.79 Å². The molecule has 1 fully saturated rings. The number of likely N-dealkylation sites (N-methyl/N-ethyl adjacent to an activating group) is 1. The van der Waals surface area contributed by atoms with Gasteiger partial charge in [-0.05, 0) is 32.1 Å². The van der Waals surface area contributed by atoms with Crippen molar-refractivity contribution >= 4 is 17.0 Å². The van der Waals surface area contributed by atoms with Gasteiger partial charge in [0.1, 0.15) is 6.61 Å². The van der Waals surface area contributed by atoms with E-state index in [2.05, 4.69) is 30.0 Å². The summed E-state index contributed by atoms with van der Waals surface area (Å²) < 4.78 is 12.5. The molecule has 6 heteroatoms. The first-order chi connectivity index (χ1) is 12.1. The topological polar surface area (TPSA) is 46.9 Å². The fourth-order valence-corrected chi connectivity index (χ4v) is 3.10. The largest absolute Gasteiger partial charge is 0.448 e. The lowest BCUT2D eigenvalue weighted by Crippen LogP contribution is -2.38. The number of benzene rings is 1. The highest BCUT2D eigenvalue weighted by Crippen LogP contribution is 2.22. The SMILES string of the molecule is CN(C)CCc1cn(C(=O)OCCN2CCOCC2)c2ccccc12. The lowest BCUT2D eigenvalue weighted by Gasteiger charge is -2.26. The van der Waals surface area contributed by atoms with E-state index in [-0.39, 0.29) is 6.09 Å². The Bertz CT molecular complexity index is 705. The van der Waals surface area contributed by atoms with Gasteiger partial charge in [-0.1, -0.05) is 18.2 Å². The molecule has 1 aromatic carbocycles. The van der Waals surface area contributed by atoms with Crippen LogP contribution in [0.2, 0.25) is 0 Å². The Balaban J connectivity index is 1.65. The number of fused-ring (bicyclic) bond motifs is 1. The molecule has 136 valence electrons. The molecule has 2 aromatic rings. The van der Waals surface area contributed by atoms with Crippen molar-refractivity contribution in [3.05, 3.63) is 36.0 Å². The minimum absolute atomic E-state index is 0.305. The summed E-state index contributed by atoms with van der Waals surface area (Å²) in [6, 6.07) is 8.00. The number of aromatic nitrogens is 1. The molecular formula is C19H27N3O3. The van der Waals surface area contributed by atoms with Gasteiger partial charge in [-0.2, -0.15) is 0 Å². The maximum absolute atomic E-state index is 12.5. The number of rotatable bonds is 6. The Morgan fingerprint density at radius 2 is 2.00 bits per heavy atom. The quantitative estimate of drug-likeness (QED) is 0.802. The van der Waals surface area contributed by atoms with Crippen LogP contribution in [0.5, 0.6) is 0 Å². The van der Waals surface area contributed by atoms with Crippen LogP contribution in [-0.2, 0) is 15.9 Å². The van der Waals surface area contributed by atoms with E-state index in [1.165, 1.54) is 5.56 Å². The van der Waals surface area contributed by atoms with Gasteiger partial charge in [-0.15, -0.1) is 0 Å². The van der Waals surface area contributed by atoms with Crippen molar-refractivity contribution in [2.45, 2.75) is 6.42 Å². The Kier molecular flexibility index (Phi) is 6.07. The zero-order chi connectivity index (χ0) is 17.6. The van der Waals surface area contributed by atoms with Gasteiger partial charge in [0, 0.05) is 37.8 Å². The molecule has 0 atom stereocenters. The average Bonchev–Trinajstić information content (AvgIpc) is 3.00. The number of carbonyl (C=O) groups excluding carboxylic acids is 1.